The number of benzene rings is 1. The van der Waals surface area contributed by atoms with Crippen LogP contribution in [0.5, 0.6) is 0 Å². The van der Waals surface area contributed by atoms with Crippen LogP contribution in [0.4, 0.5) is 11.4 Å². The van der Waals surface area contributed by atoms with Gasteiger partial charge in [-0.2, -0.15) is 0 Å². The first-order valence-electron chi connectivity index (χ1n) is 6.97. The molecule has 0 fully saturated rings. The van der Waals surface area contributed by atoms with Crippen molar-refractivity contribution in [2.75, 3.05) is 24.3 Å². The zero-order valence-electron chi connectivity index (χ0n) is 12.0. The van der Waals surface area contributed by atoms with Crippen LogP contribution in [0.25, 0.3) is 0 Å². The highest BCUT2D eigenvalue weighted by Crippen LogP contribution is 2.32. The Morgan fingerprint density at radius 1 is 1.38 bits per heavy atom. The molecule has 0 unspecified atom stereocenters. The zero-order valence-corrected chi connectivity index (χ0v) is 12.0. The fourth-order valence-corrected chi connectivity index (χ4v) is 2.71. The topological polar surface area (TPSA) is 68.7 Å². The minimum atomic E-state index is -0.135. The van der Waals surface area contributed by atoms with Crippen molar-refractivity contribution in [3.05, 3.63) is 47.4 Å². The smallest absolute Gasteiger partial charge is 0.293 e. The van der Waals surface area contributed by atoms with Gasteiger partial charge in [0.1, 0.15) is 12.4 Å². The van der Waals surface area contributed by atoms with Gasteiger partial charge in [0.2, 0.25) is 0 Å². The average molecular weight is 286 g/mol. The number of nitrogens with two attached hydrogens (primary N) is 1. The van der Waals surface area contributed by atoms with E-state index in [4.69, 9.17) is 14.9 Å². The predicted octanol–water partition coefficient (Wildman–Crippen LogP) is 2.60. The van der Waals surface area contributed by atoms with Crippen LogP contribution >= 0.6 is 0 Å². The Balaban J connectivity index is 1.91. The molecule has 1 aromatic heterocycles. The standard InChI is InChI=1S/C16H18N2O3/c1-20-10-11-7-8-15(21-11)16(19)18-9-3-4-12-13(17)5-2-6-14(12)18/h2,5-8H,3-4,9-10,17H2,1H3. The normalized spacial score (nSPS) is 14.0. The van der Waals surface area contributed by atoms with Gasteiger partial charge in [0.15, 0.2) is 5.76 Å². The number of amides is 1. The molecule has 0 saturated heterocycles. The van der Waals surface area contributed by atoms with Crippen molar-refractivity contribution >= 4 is 17.3 Å². The van der Waals surface area contributed by atoms with Gasteiger partial charge >= 0.3 is 0 Å². The van der Waals surface area contributed by atoms with Crippen molar-refractivity contribution in [2.45, 2.75) is 19.4 Å². The van der Waals surface area contributed by atoms with Gasteiger partial charge in [0, 0.05) is 25.0 Å². The average Bonchev–Trinajstić information content (AvgIpc) is 2.96. The first kappa shape index (κ1) is 13.7. The van der Waals surface area contributed by atoms with E-state index in [2.05, 4.69) is 0 Å². The van der Waals surface area contributed by atoms with Crippen LogP contribution in [-0.4, -0.2) is 19.6 Å². The molecule has 0 radical (unpaired) electrons. The van der Waals surface area contributed by atoms with E-state index < -0.39 is 0 Å². The third-order valence-electron chi connectivity index (χ3n) is 3.69. The number of furan rings is 1. The molecule has 0 atom stereocenters. The first-order chi connectivity index (χ1) is 10.2. The summed E-state index contributed by atoms with van der Waals surface area (Å²) in [5, 5.41) is 0. The molecule has 1 amide bonds. The van der Waals surface area contributed by atoms with Crippen molar-refractivity contribution in [1.82, 2.24) is 0 Å². The van der Waals surface area contributed by atoms with Crippen molar-refractivity contribution in [2.24, 2.45) is 0 Å². The lowest BCUT2D eigenvalue weighted by atomic mass is 9.99. The lowest BCUT2D eigenvalue weighted by Gasteiger charge is -2.29. The second kappa shape index (κ2) is 5.61. The molecule has 0 spiro atoms. The van der Waals surface area contributed by atoms with Gasteiger partial charge in [-0.25, -0.2) is 0 Å². The summed E-state index contributed by atoms with van der Waals surface area (Å²) < 4.78 is 10.5. The fourth-order valence-electron chi connectivity index (χ4n) is 2.71. The molecule has 0 bridgehead atoms. The number of carbonyl (C=O) groups is 1. The van der Waals surface area contributed by atoms with Crippen LogP contribution < -0.4 is 10.6 Å². The monoisotopic (exact) mass is 286 g/mol. The Morgan fingerprint density at radius 2 is 2.24 bits per heavy atom. The number of fused-ring (bicyclic) bond motifs is 1. The number of methoxy groups -OCH3 is 1. The van der Waals surface area contributed by atoms with Gasteiger partial charge in [-0.15, -0.1) is 0 Å². The second-order valence-corrected chi connectivity index (χ2v) is 5.10. The summed E-state index contributed by atoms with van der Waals surface area (Å²) in [6.07, 6.45) is 1.80. The minimum absolute atomic E-state index is 0.135. The molecule has 2 N–H and O–H groups in total. The number of nitrogens with zero attached hydrogens (tertiary/aromatic N) is 1. The number of anilines is 2. The molecule has 2 heterocycles. The summed E-state index contributed by atoms with van der Waals surface area (Å²) in [5.41, 5.74) is 8.68. The third kappa shape index (κ3) is 2.52. The Hall–Kier alpha value is -2.27. The Bertz CT molecular complexity index is 663. The minimum Gasteiger partial charge on any atom is -0.453 e. The molecular weight excluding hydrogens is 268 g/mol. The molecule has 110 valence electrons. The summed E-state index contributed by atoms with van der Waals surface area (Å²) in [5.74, 6) is 0.840. The first-order valence-corrected chi connectivity index (χ1v) is 6.97. The highest BCUT2D eigenvalue weighted by molar-refractivity contribution is 6.05. The van der Waals surface area contributed by atoms with E-state index in [0.29, 0.717) is 24.7 Å². The van der Waals surface area contributed by atoms with Crippen molar-refractivity contribution < 1.29 is 13.9 Å². The quantitative estimate of drug-likeness (QED) is 0.881. The summed E-state index contributed by atoms with van der Waals surface area (Å²) in [6.45, 7) is 1.03. The van der Waals surface area contributed by atoms with Gasteiger partial charge in [-0.1, -0.05) is 6.07 Å². The van der Waals surface area contributed by atoms with Crippen LogP contribution in [0.1, 0.15) is 28.3 Å². The van der Waals surface area contributed by atoms with E-state index in [1.165, 1.54) is 0 Å². The molecule has 3 rings (SSSR count). The van der Waals surface area contributed by atoms with Crippen LogP contribution in [0, 0.1) is 0 Å². The largest absolute Gasteiger partial charge is 0.453 e. The summed E-state index contributed by atoms with van der Waals surface area (Å²) in [4.78, 5) is 14.4. The van der Waals surface area contributed by atoms with E-state index >= 15 is 0 Å². The second-order valence-electron chi connectivity index (χ2n) is 5.10. The number of carbonyl (C=O) groups excluding carboxylic acids is 1. The zero-order chi connectivity index (χ0) is 14.8. The van der Waals surface area contributed by atoms with Gasteiger partial charge in [-0.05, 0) is 42.7 Å². The molecular formula is C16H18N2O3. The van der Waals surface area contributed by atoms with E-state index in [-0.39, 0.29) is 5.91 Å². The lowest BCUT2D eigenvalue weighted by Crippen LogP contribution is -2.35. The molecule has 5 nitrogen and oxygen atoms in total. The van der Waals surface area contributed by atoms with E-state index in [1.54, 1.807) is 24.1 Å². The van der Waals surface area contributed by atoms with Crippen LogP contribution in [0.3, 0.4) is 0 Å². The van der Waals surface area contributed by atoms with Crippen LogP contribution in [-0.2, 0) is 17.8 Å². The fraction of sp³-hybridized carbons (Fsp3) is 0.312. The number of hydrogen-bond acceptors (Lipinski definition) is 4. The predicted molar refractivity (Wildman–Crippen MR) is 80.3 cm³/mol. The van der Waals surface area contributed by atoms with E-state index in [1.807, 2.05) is 18.2 Å². The molecule has 5 heteroatoms. The van der Waals surface area contributed by atoms with Crippen molar-refractivity contribution in [1.29, 1.82) is 0 Å². The molecule has 21 heavy (non-hydrogen) atoms. The van der Waals surface area contributed by atoms with Gasteiger partial charge in [0.25, 0.3) is 5.91 Å². The maximum Gasteiger partial charge on any atom is 0.293 e. The van der Waals surface area contributed by atoms with E-state index in [9.17, 15) is 4.79 Å². The number of ether oxygens (including phenoxy) is 1. The molecule has 1 aromatic carbocycles. The van der Waals surface area contributed by atoms with Crippen LogP contribution in [0.15, 0.2) is 34.7 Å². The number of hydrogen-bond donors (Lipinski definition) is 1. The SMILES string of the molecule is COCc1ccc(C(=O)N2CCCc3c(N)cccc32)o1. The lowest BCUT2D eigenvalue weighted by molar-refractivity contribution is 0.0949. The highest BCUT2D eigenvalue weighted by atomic mass is 16.5. The van der Waals surface area contributed by atoms with Crippen molar-refractivity contribution in [3.8, 4) is 0 Å². The molecule has 0 saturated carbocycles. The highest BCUT2D eigenvalue weighted by Gasteiger charge is 2.26. The summed E-state index contributed by atoms with van der Waals surface area (Å²) >= 11 is 0. The summed E-state index contributed by atoms with van der Waals surface area (Å²) in [7, 11) is 1.59. The molecule has 0 aliphatic carbocycles. The van der Waals surface area contributed by atoms with E-state index in [0.717, 1.165) is 29.8 Å². The summed E-state index contributed by atoms with van der Waals surface area (Å²) in [6, 6.07) is 9.13. The maximum absolute atomic E-state index is 12.6. The number of rotatable bonds is 3. The Kier molecular flexibility index (Phi) is 3.66. The maximum atomic E-state index is 12.6. The van der Waals surface area contributed by atoms with Gasteiger partial charge in [-0.3, -0.25) is 4.79 Å². The Labute approximate surface area is 123 Å². The van der Waals surface area contributed by atoms with Crippen LogP contribution in [0.2, 0.25) is 0 Å². The number of nitrogen functional groups attached to an aromatic ring is 1. The van der Waals surface area contributed by atoms with Gasteiger partial charge in [0.05, 0.1) is 0 Å². The third-order valence-corrected chi connectivity index (χ3v) is 3.69. The van der Waals surface area contributed by atoms with Gasteiger partial charge < -0.3 is 19.8 Å². The molecule has 2 aromatic rings. The molecule has 1 aliphatic rings. The molecule has 1 aliphatic heterocycles. The Morgan fingerprint density at radius 3 is 3.05 bits per heavy atom. The van der Waals surface area contributed by atoms with Crippen molar-refractivity contribution in [3.63, 3.8) is 0 Å².